The van der Waals surface area contributed by atoms with Gasteiger partial charge in [0.2, 0.25) is 0 Å². The van der Waals surface area contributed by atoms with E-state index >= 15 is 0 Å². The van der Waals surface area contributed by atoms with E-state index in [4.69, 9.17) is 0 Å². The molecule has 0 bridgehead atoms. The van der Waals surface area contributed by atoms with Crippen LogP contribution in [0.15, 0.2) is 66.7 Å². The van der Waals surface area contributed by atoms with Gasteiger partial charge in [-0.1, -0.05) is 36.1 Å². The number of hydrogen-bond donors (Lipinski definition) is 3. The predicted molar refractivity (Wildman–Crippen MR) is 112 cm³/mol. The van der Waals surface area contributed by atoms with E-state index in [-0.39, 0.29) is 11.3 Å². The van der Waals surface area contributed by atoms with Gasteiger partial charge >= 0.3 is 5.97 Å². The molecule has 0 amide bonds. The molecule has 0 aliphatic rings. The maximum atomic E-state index is 11.8. The Balaban J connectivity index is 2.17. The number of phenols is 1. The summed E-state index contributed by atoms with van der Waals surface area (Å²) in [6.45, 7) is 0. The summed E-state index contributed by atoms with van der Waals surface area (Å²) in [5, 5.41) is 19.3. The summed E-state index contributed by atoms with van der Waals surface area (Å²) < 4.78 is 21.9. The predicted octanol–water partition coefficient (Wildman–Crippen LogP) is 3.73. The van der Waals surface area contributed by atoms with Crippen molar-refractivity contribution < 1.29 is 23.8 Å². The van der Waals surface area contributed by atoms with E-state index < -0.39 is 17.2 Å². The molecule has 3 aromatic rings. The van der Waals surface area contributed by atoms with Gasteiger partial charge in [0.15, 0.2) is 0 Å². The van der Waals surface area contributed by atoms with Gasteiger partial charge < -0.3 is 10.2 Å². The van der Waals surface area contributed by atoms with Crippen LogP contribution in [0.2, 0.25) is 0 Å². The Morgan fingerprint density at radius 1 is 1.00 bits per heavy atom. The molecule has 0 heterocycles. The van der Waals surface area contributed by atoms with Gasteiger partial charge in [0.25, 0.3) is 11.3 Å². The molecular formula is C22H17NO5S. The van der Waals surface area contributed by atoms with Crippen LogP contribution in [0.5, 0.6) is 5.75 Å². The van der Waals surface area contributed by atoms with Gasteiger partial charge in [-0.3, -0.25) is 8.86 Å². The largest absolute Gasteiger partial charge is 0.508 e. The number of nitrogens with zero attached hydrogens (tertiary/aromatic N) is 1. The highest BCUT2D eigenvalue weighted by atomic mass is 32.2. The lowest BCUT2D eigenvalue weighted by atomic mass is 9.94. The van der Waals surface area contributed by atoms with Crippen molar-refractivity contribution in [3.8, 4) is 28.7 Å². The average molecular weight is 407 g/mol. The van der Waals surface area contributed by atoms with Gasteiger partial charge in [-0.2, -0.15) is 0 Å². The number of carboxylic acids is 1. The van der Waals surface area contributed by atoms with Crippen molar-refractivity contribution in [1.82, 2.24) is 0 Å². The second-order valence-electron chi connectivity index (χ2n) is 6.11. The molecule has 3 aromatic carbocycles. The first-order valence-corrected chi connectivity index (χ1v) is 9.55. The van der Waals surface area contributed by atoms with Crippen LogP contribution in [0.4, 0.5) is 5.69 Å². The lowest BCUT2D eigenvalue weighted by molar-refractivity contribution is 0.0697. The van der Waals surface area contributed by atoms with E-state index in [1.807, 2.05) is 0 Å². The van der Waals surface area contributed by atoms with Crippen molar-refractivity contribution in [2.45, 2.75) is 0 Å². The smallest absolute Gasteiger partial charge is 0.336 e. The van der Waals surface area contributed by atoms with E-state index in [0.717, 1.165) is 4.31 Å². The molecule has 0 radical (unpaired) electrons. The first-order valence-electron chi connectivity index (χ1n) is 8.49. The number of aromatic carboxylic acids is 1. The number of hydrogen-bond acceptors (Lipinski definition) is 3. The molecule has 3 N–H and O–H groups in total. The lowest BCUT2D eigenvalue weighted by Crippen LogP contribution is -2.19. The topological polar surface area (TPSA) is 98.1 Å². The summed E-state index contributed by atoms with van der Waals surface area (Å²) in [7, 11) is 1.46. The van der Waals surface area contributed by atoms with E-state index in [2.05, 4.69) is 11.8 Å². The summed E-state index contributed by atoms with van der Waals surface area (Å²) in [5.74, 6) is 4.89. The number of benzene rings is 3. The average Bonchev–Trinajstić information content (AvgIpc) is 2.71. The fraction of sp³-hybridized carbons (Fsp3) is 0.0455. The fourth-order valence-corrected chi connectivity index (χ4v) is 3.11. The summed E-state index contributed by atoms with van der Waals surface area (Å²) >= 11 is -2.21. The molecule has 0 aromatic heterocycles. The van der Waals surface area contributed by atoms with E-state index in [0.29, 0.717) is 27.9 Å². The van der Waals surface area contributed by atoms with Crippen molar-refractivity contribution in [3.63, 3.8) is 0 Å². The number of carboxylic acid groups (broad SMARTS) is 1. The van der Waals surface area contributed by atoms with Crippen LogP contribution in [-0.2, 0) is 11.3 Å². The number of anilines is 1. The summed E-state index contributed by atoms with van der Waals surface area (Å²) in [4.78, 5) is 11.8. The zero-order chi connectivity index (χ0) is 21.0. The SMILES string of the molecule is CN(c1cccc(-c2c(C#Cc3cccc(O)c3)cccc2C(=O)O)c1)S(=O)O. The molecule has 0 aliphatic carbocycles. The molecule has 146 valence electrons. The van der Waals surface area contributed by atoms with Crippen molar-refractivity contribution in [1.29, 1.82) is 0 Å². The standard InChI is InChI=1S/C22H17NO5S/c1-23(29(27)28)18-8-3-7-17(14-18)21-16(6-4-10-20(21)22(25)26)12-11-15-5-2-9-19(24)13-15/h2-10,13-14,24H,1H3,(H,25,26)(H,27,28). The Kier molecular flexibility index (Phi) is 5.98. The Bertz CT molecular complexity index is 1160. The molecule has 29 heavy (non-hydrogen) atoms. The van der Waals surface area contributed by atoms with Crippen molar-refractivity contribution in [2.24, 2.45) is 0 Å². The molecule has 1 atom stereocenters. The number of carbonyl (C=O) groups is 1. The minimum absolute atomic E-state index is 0.0673. The fourth-order valence-electron chi connectivity index (χ4n) is 2.82. The van der Waals surface area contributed by atoms with Crippen molar-refractivity contribution in [3.05, 3.63) is 83.4 Å². The molecule has 0 aliphatic heterocycles. The highest BCUT2D eigenvalue weighted by Crippen LogP contribution is 2.31. The zero-order valence-corrected chi connectivity index (χ0v) is 16.2. The Morgan fingerprint density at radius 3 is 2.41 bits per heavy atom. The maximum absolute atomic E-state index is 11.8. The van der Waals surface area contributed by atoms with Crippen LogP contribution in [0.25, 0.3) is 11.1 Å². The van der Waals surface area contributed by atoms with Gasteiger partial charge in [0.1, 0.15) is 5.75 Å². The number of aromatic hydroxyl groups is 1. The molecule has 7 heteroatoms. The normalized spacial score (nSPS) is 11.2. The third-order valence-electron chi connectivity index (χ3n) is 4.22. The minimum atomic E-state index is -2.21. The van der Waals surface area contributed by atoms with Crippen LogP contribution in [0.1, 0.15) is 21.5 Å². The molecule has 1 unspecified atom stereocenters. The van der Waals surface area contributed by atoms with Crippen LogP contribution in [-0.4, -0.2) is 32.0 Å². The Morgan fingerprint density at radius 2 is 1.72 bits per heavy atom. The first-order chi connectivity index (χ1) is 13.9. The van der Waals surface area contributed by atoms with Crippen molar-refractivity contribution in [2.75, 3.05) is 11.4 Å². The van der Waals surface area contributed by atoms with Crippen LogP contribution >= 0.6 is 0 Å². The third kappa shape index (κ3) is 4.63. The molecule has 0 saturated carbocycles. The van der Waals surface area contributed by atoms with Crippen molar-refractivity contribution >= 4 is 22.9 Å². The highest BCUT2D eigenvalue weighted by molar-refractivity contribution is 7.80. The maximum Gasteiger partial charge on any atom is 0.336 e. The number of phenolic OH excluding ortho intramolecular Hbond substituents is 1. The molecule has 0 saturated heterocycles. The van der Waals surface area contributed by atoms with Crippen LogP contribution in [0.3, 0.4) is 0 Å². The first kappa shape index (κ1) is 20.1. The van der Waals surface area contributed by atoms with Gasteiger partial charge in [0, 0.05) is 23.7 Å². The van der Waals surface area contributed by atoms with Gasteiger partial charge in [-0.15, -0.1) is 0 Å². The highest BCUT2D eigenvalue weighted by Gasteiger charge is 2.16. The Labute approximate surface area is 170 Å². The minimum Gasteiger partial charge on any atom is -0.508 e. The second kappa shape index (κ2) is 8.61. The van der Waals surface area contributed by atoms with Gasteiger partial charge in [-0.25, -0.2) is 9.00 Å². The molecule has 0 spiro atoms. The second-order valence-corrected chi connectivity index (χ2v) is 7.12. The van der Waals surface area contributed by atoms with Crippen LogP contribution < -0.4 is 4.31 Å². The van der Waals surface area contributed by atoms with Gasteiger partial charge in [-0.05, 0) is 48.0 Å². The molecular weight excluding hydrogens is 390 g/mol. The summed E-state index contributed by atoms with van der Waals surface area (Å²) in [5.41, 5.74) is 2.55. The monoisotopic (exact) mass is 407 g/mol. The van der Waals surface area contributed by atoms with E-state index in [1.165, 1.54) is 25.2 Å². The number of rotatable bonds is 4. The zero-order valence-electron chi connectivity index (χ0n) is 15.4. The molecule has 6 nitrogen and oxygen atoms in total. The van der Waals surface area contributed by atoms with E-state index in [9.17, 15) is 23.8 Å². The third-order valence-corrected chi connectivity index (χ3v) is 4.89. The van der Waals surface area contributed by atoms with Gasteiger partial charge in [0.05, 0.1) is 11.3 Å². The summed E-state index contributed by atoms with van der Waals surface area (Å²) in [6.07, 6.45) is 0. The molecule has 0 fully saturated rings. The summed E-state index contributed by atoms with van der Waals surface area (Å²) in [6, 6.07) is 17.9. The molecule has 3 rings (SSSR count). The van der Waals surface area contributed by atoms with E-state index in [1.54, 1.807) is 48.5 Å². The lowest BCUT2D eigenvalue weighted by Gasteiger charge is -2.16. The quantitative estimate of drug-likeness (QED) is 0.452. The Hall–Kier alpha value is -3.60. The van der Waals surface area contributed by atoms with Crippen LogP contribution in [0, 0.1) is 11.8 Å².